The standard InChI is InChI=1S/C21H40O4/c1-6-7-8-9-10-11-13-18(4)24-20(22)14-12-15-21(23)25-19(5)16-17(2)3/h17-19H,6-16H2,1-5H3. The Labute approximate surface area is 155 Å². The highest BCUT2D eigenvalue weighted by Gasteiger charge is 2.13. The highest BCUT2D eigenvalue weighted by atomic mass is 16.5. The van der Waals surface area contributed by atoms with Gasteiger partial charge in [-0.05, 0) is 45.4 Å². The zero-order valence-electron chi connectivity index (χ0n) is 17.1. The first-order chi connectivity index (χ1) is 11.8. The normalized spacial score (nSPS) is 13.5. The number of esters is 2. The monoisotopic (exact) mass is 356 g/mol. The summed E-state index contributed by atoms with van der Waals surface area (Å²) in [5.74, 6) is 0.0773. The maximum absolute atomic E-state index is 11.8. The van der Waals surface area contributed by atoms with Crippen LogP contribution in [0.3, 0.4) is 0 Å². The van der Waals surface area contributed by atoms with Crippen LogP contribution >= 0.6 is 0 Å². The van der Waals surface area contributed by atoms with Crippen molar-refractivity contribution in [2.75, 3.05) is 0 Å². The second-order valence-corrected chi connectivity index (χ2v) is 7.64. The SMILES string of the molecule is CCCCCCCCC(C)OC(=O)CCCC(=O)OC(C)CC(C)C. The molecule has 0 rings (SSSR count). The zero-order valence-corrected chi connectivity index (χ0v) is 17.1. The third-order valence-corrected chi connectivity index (χ3v) is 4.19. The lowest BCUT2D eigenvalue weighted by atomic mass is 10.1. The van der Waals surface area contributed by atoms with E-state index >= 15 is 0 Å². The van der Waals surface area contributed by atoms with Gasteiger partial charge in [-0.1, -0.05) is 52.9 Å². The van der Waals surface area contributed by atoms with Gasteiger partial charge in [0.2, 0.25) is 0 Å². The van der Waals surface area contributed by atoms with Gasteiger partial charge in [-0.3, -0.25) is 9.59 Å². The molecule has 0 heterocycles. The van der Waals surface area contributed by atoms with Gasteiger partial charge in [0.05, 0.1) is 12.2 Å². The molecular formula is C21H40O4. The molecule has 0 aliphatic rings. The Hall–Kier alpha value is -1.06. The third kappa shape index (κ3) is 16.2. The molecule has 0 fully saturated rings. The second-order valence-electron chi connectivity index (χ2n) is 7.64. The van der Waals surface area contributed by atoms with Crippen molar-refractivity contribution < 1.29 is 19.1 Å². The van der Waals surface area contributed by atoms with Crippen LogP contribution in [0.15, 0.2) is 0 Å². The van der Waals surface area contributed by atoms with Gasteiger partial charge in [-0.2, -0.15) is 0 Å². The molecule has 0 bridgehead atoms. The van der Waals surface area contributed by atoms with E-state index in [1.807, 2.05) is 13.8 Å². The van der Waals surface area contributed by atoms with E-state index in [0.717, 1.165) is 19.3 Å². The van der Waals surface area contributed by atoms with Crippen molar-refractivity contribution in [2.45, 2.75) is 117 Å². The molecule has 0 aromatic carbocycles. The minimum atomic E-state index is -0.221. The van der Waals surface area contributed by atoms with E-state index in [1.54, 1.807) is 0 Å². The van der Waals surface area contributed by atoms with E-state index in [1.165, 1.54) is 32.1 Å². The molecule has 0 aromatic rings. The largest absolute Gasteiger partial charge is 0.463 e. The van der Waals surface area contributed by atoms with Gasteiger partial charge in [-0.15, -0.1) is 0 Å². The maximum atomic E-state index is 11.8. The van der Waals surface area contributed by atoms with E-state index < -0.39 is 0 Å². The van der Waals surface area contributed by atoms with Gasteiger partial charge in [0.1, 0.15) is 0 Å². The Morgan fingerprint density at radius 3 is 1.80 bits per heavy atom. The summed E-state index contributed by atoms with van der Waals surface area (Å²) in [5, 5.41) is 0. The lowest BCUT2D eigenvalue weighted by Crippen LogP contribution is -2.18. The van der Waals surface area contributed by atoms with Gasteiger partial charge >= 0.3 is 11.9 Å². The first kappa shape index (κ1) is 23.9. The molecule has 2 atom stereocenters. The van der Waals surface area contributed by atoms with Gasteiger partial charge in [0.15, 0.2) is 0 Å². The average Bonchev–Trinajstić information content (AvgIpc) is 2.49. The number of rotatable bonds is 15. The minimum Gasteiger partial charge on any atom is -0.463 e. The van der Waals surface area contributed by atoms with Crippen LogP contribution in [-0.4, -0.2) is 24.1 Å². The third-order valence-electron chi connectivity index (χ3n) is 4.19. The summed E-state index contributed by atoms with van der Waals surface area (Å²) in [6, 6.07) is 0. The molecule has 4 nitrogen and oxygen atoms in total. The number of carbonyl (C=O) groups is 2. The number of ether oxygens (including phenoxy) is 2. The molecule has 0 N–H and O–H groups in total. The molecular weight excluding hydrogens is 316 g/mol. The average molecular weight is 357 g/mol. The van der Waals surface area contributed by atoms with Crippen LogP contribution in [0.1, 0.15) is 105 Å². The summed E-state index contributed by atoms with van der Waals surface area (Å²) in [6.45, 7) is 10.3. The van der Waals surface area contributed by atoms with E-state index in [-0.39, 0.29) is 37.0 Å². The maximum Gasteiger partial charge on any atom is 0.306 e. The van der Waals surface area contributed by atoms with Crippen LogP contribution in [0.2, 0.25) is 0 Å². The molecule has 0 aliphatic carbocycles. The molecule has 0 aromatic heterocycles. The molecule has 2 unspecified atom stereocenters. The van der Waals surface area contributed by atoms with Gasteiger partial charge in [-0.25, -0.2) is 0 Å². The van der Waals surface area contributed by atoms with Crippen molar-refractivity contribution in [2.24, 2.45) is 5.92 Å². The molecule has 0 spiro atoms. The molecule has 0 saturated carbocycles. The van der Waals surface area contributed by atoms with Gasteiger partial charge in [0.25, 0.3) is 0 Å². The van der Waals surface area contributed by atoms with Gasteiger partial charge < -0.3 is 9.47 Å². The van der Waals surface area contributed by atoms with Crippen LogP contribution in [0.5, 0.6) is 0 Å². The predicted molar refractivity (Wildman–Crippen MR) is 102 cm³/mol. The summed E-state index contributed by atoms with van der Waals surface area (Å²) in [6.07, 6.45) is 10.2. The molecule has 0 saturated heterocycles. The van der Waals surface area contributed by atoms with Crippen molar-refractivity contribution in [1.82, 2.24) is 0 Å². The Balaban J connectivity index is 3.66. The van der Waals surface area contributed by atoms with Gasteiger partial charge in [0, 0.05) is 12.8 Å². The topological polar surface area (TPSA) is 52.6 Å². The van der Waals surface area contributed by atoms with Crippen molar-refractivity contribution in [3.63, 3.8) is 0 Å². The van der Waals surface area contributed by atoms with Crippen molar-refractivity contribution in [3.05, 3.63) is 0 Å². The van der Waals surface area contributed by atoms with E-state index in [0.29, 0.717) is 12.3 Å². The Morgan fingerprint density at radius 2 is 1.24 bits per heavy atom. The second kappa shape index (κ2) is 15.2. The van der Waals surface area contributed by atoms with E-state index in [2.05, 4.69) is 20.8 Å². The number of carbonyl (C=O) groups excluding carboxylic acids is 2. The van der Waals surface area contributed by atoms with Crippen molar-refractivity contribution >= 4 is 11.9 Å². The van der Waals surface area contributed by atoms with Crippen LogP contribution < -0.4 is 0 Å². The smallest absolute Gasteiger partial charge is 0.306 e. The number of hydrogen-bond acceptors (Lipinski definition) is 4. The van der Waals surface area contributed by atoms with Crippen LogP contribution in [0.25, 0.3) is 0 Å². The Morgan fingerprint density at radius 1 is 0.720 bits per heavy atom. The van der Waals surface area contributed by atoms with Crippen LogP contribution in [0, 0.1) is 5.92 Å². The fourth-order valence-electron chi connectivity index (χ4n) is 2.93. The van der Waals surface area contributed by atoms with Crippen LogP contribution in [-0.2, 0) is 19.1 Å². The molecule has 148 valence electrons. The highest BCUT2D eigenvalue weighted by Crippen LogP contribution is 2.12. The molecule has 0 aliphatic heterocycles. The molecule has 25 heavy (non-hydrogen) atoms. The minimum absolute atomic E-state index is 0.0308. The fraction of sp³-hybridized carbons (Fsp3) is 0.905. The van der Waals surface area contributed by atoms with E-state index in [4.69, 9.17) is 9.47 Å². The van der Waals surface area contributed by atoms with Crippen molar-refractivity contribution in [3.8, 4) is 0 Å². The molecule has 0 radical (unpaired) electrons. The lowest BCUT2D eigenvalue weighted by molar-refractivity contribution is -0.150. The Kier molecular flexibility index (Phi) is 14.6. The summed E-state index contributed by atoms with van der Waals surface area (Å²) in [4.78, 5) is 23.5. The fourth-order valence-corrected chi connectivity index (χ4v) is 2.93. The van der Waals surface area contributed by atoms with Crippen molar-refractivity contribution in [1.29, 1.82) is 0 Å². The summed E-state index contributed by atoms with van der Waals surface area (Å²) in [5.41, 5.74) is 0. The lowest BCUT2D eigenvalue weighted by Gasteiger charge is -2.15. The Bertz CT molecular complexity index is 352. The summed E-state index contributed by atoms with van der Waals surface area (Å²) in [7, 11) is 0. The summed E-state index contributed by atoms with van der Waals surface area (Å²) < 4.78 is 10.7. The molecule has 4 heteroatoms. The predicted octanol–water partition coefficient (Wildman–Crippen LogP) is 5.82. The van der Waals surface area contributed by atoms with E-state index in [9.17, 15) is 9.59 Å². The quantitative estimate of drug-likeness (QED) is 0.274. The van der Waals surface area contributed by atoms with Crippen LogP contribution in [0.4, 0.5) is 0 Å². The first-order valence-corrected chi connectivity index (χ1v) is 10.2. The summed E-state index contributed by atoms with van der Waals surface area (Å²) >= 11 is 0. The molecule has 0 amide bonds. The highest BCUT2D eigenvalue weighted by molar-refractivity contribution is 5.72. The zero-order chi connectivity index (χ0) is 19.1. The number of unbranched alkanes of at least 4 members (excludes halogenated alkanes) is 5. The number of hydrogen-bond donors (Lipinski definition) is 0. The first-order valence-electron chi connectivity index (χ1n) is 10.2.